The third-order valence-electron chi connectivity index (χ3n) is 4.97. The number of ether oxygens (including phenoxy) is 1. The Morgan fingerprint density at radius 2 is 1.69 bits per heavy atom. The fraction of sp³-hybridized carbons (Fsp3) is 0.167. The van der Waals surface area contributed by atoms with Gasteiger partial charge < -0.3 is 9.84 Å². The minimum atomic E-state index is -1.08. The first-order valence-electron chi connectivity index (χ1n) is 9.29. The van der Waals surface area contributed by atoms with Gasteiger partial charge in [-0.25, -0.2) is 13.2 Å². The molecule has 4 rings (SSSR count). The minimum absolute atomic E-state index is 0.00551. The molecule has 1 fully saturated rings. The van der Waals surface area contributed by atoms with Gasteiger partial charge in [-0.2, -0.15) is 0 Å². The molecule has 3 aromatic carbocycles. The van der Waals surface area contributed by atoms with E-state index in [0.29, 0.717) is 12.2 Å². The van der Waals surface area contributed by atoms with E-state index in [0.717, 1.165) is 16.7 Å². The van der Waals surface area contributed by atoms with E-state index in [1.807, 2.05) is 6.07 Å². The van der Waals surface area contributed by atoms with Gasteiger partial charge >= 0.3 is 0 Å². The molecule has 1 N–H and O–H groups in total. The second-order valence-corrected chi connectivity index (χ2v) is 7.06. The SMILES string of the molecule is CC(O)c1ccc(/C=C/c2ccc(-c3ccc(C4CO4)cc3F)cc2)c(F)c1F. The molecule has 1 aliphatic rings. The Bertz CT molecular complexity index is 1070. The summed E-state index contributed by atoms with van der Waals surface area (Å²) in [7, 11) is 0. The summed E-state index contributed by atoms with van der Waals surface area (Å²) in [6.45, 7) is 2.01. The Balaban J connectivity index is 1.53. The summed E-state index contributed by atoms with van der Waals surface area (Å²) in [5.41, 5.74) is 2.82. The zero-order valence-corrected chi connectivity index (χ0v) is 15.7. The minimum Gasteiger partial charge on any atom is -0.389 e. The second-order valence-electron chi connectivity index (χ2n) is 7.06. The Hall–Kier alpha value is -2.89. The molecular formula is C24H19F3O2. The lowest BCUT2D eigenvalue weighted by Crippen LogP contribution is -2.00. The number of hydrogen-bond acceptors (Lipinski definition) is 2. The molecule has 5 heteroatoms. The van der Waals surface area contributed by atoms with Crippen molar-refractivity contribution in [2.75, 3.05) is 6.61 Å². The molecule has 0 aromatic heterocycles. The highest BCUT2D eigenvalue weighted by atomic mass is 19.2. The highest BCUT2D eigenvalue weighted by Gasteiger charge is 2.25. The summed E-state index contributed by atoms with van der Waals surface area (Å²) in [5, 5.41) is 9.45. The summed E-state index contributed by atoms with van der Waals surface area (Å²) < 4.78 is 47.7. The van der Waals surface area contributed by atoms with Crippen molar-refractivity contribution in [1.82, 2.24) is 0 Å². The molecule has 0 saturated carbocycles. The van der Waals surface area contributed by atoms with Gasteiger partial charge in [-0.15, -0.1) is 0 Å². The maximum absolute atomic E-state index is 14.4. The molecule has 0 radical (unpaired) electrons. The van der Waals surface area contributed by atoms with E-state index >= 15 is 0 Å². The van der Waals surface area contributed by atoms with Crippen LogP contribution in [-0.4, -0.2) is 11.7 Å². The van der Waals surface area contributed by atoms with Crippen molar-refractivity contribution in [3.8, 4) is 11.1 Å². The van der Waals surface area contributed by atoms with E-state index in [4.69, 9.17) is 4.74 Å². The molecule has 0 amide bonds. The Kier molecular flexibility index (Phi) is 5.26. The highest BCUT2D eigenvalue weighted by Crippen LogP contribution is 2.33. The van der Waals surface area contributed by atoms with Gasteiger partial charge in [0.15, 0.2) is 11.6 Å². The lowest BCUT2D eigenvalue weighted by molar-refractivity contribution is 0.192. The Morgan fingerprint density at radius 3 is 2.31 bits per heavy atom. The second kappa shape index (κ2) is 7.85. The van der Waals surface area contributed by atoms with Gasteiger partial charge in [0.05, 0.1) is 12.7 Å². The molecule has 1 aliphatic heterocycles. The number of rotatable bonds is 5. The first kappa shape index (κ1) is 19.4. The van der Waals surface area contributed by atoms with Gasteiger partial charge in [-0.1, -0.05) is 60.7 Å². The van der Waals surface area contributed by atoms with E-state index in [1.54, 1.807) is 36.4 Å². The number of hydrogen-bond donors (Lipinski definition) is 1. The van der Waals surface area contributed by atoms with Crippen molar-refractivity contribution in [3.63, 3.8) is 0 Å². The number of aliphatic hydroxyl groups is 1. The van der Waals surface area contributed by atoms with Crippen molar-refractivity contribution in [2.24, 2.45) is 0 Å². The first-order chi connectivity index (χ1) is 13.9. The summed E-state index contributed by atoms with van der Waals surface area (Å²) in [6.07, 6.45) is 2.03. The smallest absolute Gasteiger partial charge is 0.166 e. The predicted molar refractivity (Wildman–Crippen MR) is 106 cm³/mol. The molecule has 2 atom stereocenters. The third kappa shape index (κ3) is 4.11. The average molecular weight is 396 g/mol. The lowest BCUT2D eigenvalue weighted by Gasteiger charge is -2.08. The van der Waals surface area contributed by atoms with Crippen LogP contribution in [0.3, 0.4) is 0 Å². The van der Waals surface area contributed by atoms with Gasteiger partial charge in [-0.3, -0.25) is 0 Å². The van der Waals surface area contributed by atoms with E-state index < -0.39 is 17.7 Å². The van der Waals surface area contributed by atoms with Crippen LogP contribution in [0.2, 0.25) is 0 Å². The Morgan fingerprint density at radius 1 is 0.966 bits per heavy atom. The van der Waals surface area contributed by atoms with Crippen LogP contribution in [0.5, 0.6) is 0 Å². The standard InChI is InChI=1S/C24H19F3O2/c1-14(28)19-10-8-17(23(26)24(19)27)7-4-15-2-5-16(6-3-15)20-11-9-18(12-21(20)25)22-13-29-22/h2-12,14,22,28H,13H2,1H3/b7-4+. The van der Waals surface area contributed by atoms with Crippen molar-refractivity contribution in [3.05, 3.63) is 94.3 Å². The van der Waals surface area contributed by atoms with Gasteiger partial charge in [-0.05, 0) is 29.7 Å². The molecule has 2 unspecified atom stereocenters. The van der Waals surface area contributed by atoms with Gasteiger partial charge in [0.2, 0.25) is 0 Å². The van der Waals surface area contributed by atoms with Crippen molar-refractivity contribution in [1.29, 1.82) is 0 Å². The number of halogens is 3. The number of epoxide rings is 1. The zero-order chi connectivity index (χ0) is 20.5. The van der Waals surface area contributed by atoms with Crippen LogP contribution >= 0.6 is 0 Å². The number of aliphatic hydroxyl groups excluding tert-OH is 1. The van der Waals surface area contributed by atoms with E-state index in [2.05, 4.69) is 0 Å². The molecule has 1 saturated heterocycles. The summed E-state index contributed by atoms with van der Waals surface area (Å²) >= 11 is 0. The van der Waals surface area contributed by atoms with Crippen LogP contribution in [0.15, 0.2) is 54.6 Å². The fourth-order valence-corrected chi connectivity index (χ4v) is 3.20. The van der Waals surface area contributed by atoms with Crippen molar-refractivity contribution in [2.45, 2.75) is 19.1 Å². The zero-order valence-electron chi connectivity index (χ0n) is 15.7. The van der Waals surface area contributed by atoms with Gasteiger partial charge in [0, 0.05) is 16.7 Å². The van der Waals surface area contributed by atoms with Gasteiger partial charge in [0.25, 0.3) is 0 Å². The van der Waals surface area contributed by atoms with Crippen molar-refractivity contribution >= 4 is 12.2 Å². The van der Waals surface area contributed by atoms with Crippen molar-refractivity contribution < 1.29 is 23.0 Å². The maximum atomic E-state index is 14.4. The normalized spacial score (nSPS) is 16.9. The molecule has 148 valence electrons. The van der Waals surface area contributed by atoms with Crippen LogP contribution in [0.1, 0.15) is 41.4 Å². The summed E-state index contributed by atoms with van der Waals surface area (Å²) in [4.78, 5) is 0. The molecule has 1 heterocycles. The Labute approximate surface area is 166 Å². The van der Waals surface area contributed by atoms with Crippen LogP contribution in [-0.2, 0) is 4.74 Å². The largest absolute Gasteiger partial charge is 0.389 e. The lowest BCUT2D eigenvalue weighted by atomic mass is 10.0. The topological polar surface area (TPSA) is 32.8 Å². The van der Waals surface area contributed by atoms with Crippen LogP contribution < -0.4 is 0 Å². The monoisotopic (exact) mass is 396 g/mol. The van der Waals surface area contributed by atoms with Crippen LogP contribution in [0, 0.1) is 17.5 Å². The quantitative estimate of drug-likeness (QED) is 0.420. The number of benzene rings is 3. The van der Waals surface area contributed by atoms with Crippen LogP contribution in [0.25, 0.3) is 23.3 Å². The highest BCUT2D eigenvalue weighted by molar-refractivity contribution is 5.72. The summed E-state index contributed by atoms with van der Waals surface area (Å²) in [5.74, 6) is -2.36. The maximum Gasteiger partial charge on any atom is 0.166 e. The molecule has 0 bridgehead atoms. The third-order valence-corrected chi connectivity index (χ3v) is 4.97. The fourth-order valence-electron chi connectivity index (χ4n) is 3.20. The molecular weight excluding hydrogens is 377 g/mol. The van der Waals surface area contributed by atoms with E-state index in [9.17, 15) is 18.3 Å². The summed E-state index contributed by atoms with van der Waals surface area (Å²) in [6, 6.07) is 15.0. The molecule has 2 nitrogen and oxygen atoms in total. The first-order valence-corrected chi connectivity index (χ1v) is 9.29. The molecule has 0 aliphatic carbocycles. The van der Waals surface area contributed by atoms with Gasteiger partial charge in [0.1, 0.15) is 11.9 Å². The molecule has 3 aromatic rings. The average Bonchev–Trinajstić information content (AvgIpc) is 3.55. The predicted octanol–water partition coefficient (Wildman–Crippen LogP) is 6.07. The van der Waals surface area contributed by atoms with Crippen LogP contribution in [0.4, 0.5) is 13.2 Å². The van der Waals surface area contributed by atoms with E-state index in [-0.39, 0.29) is 23.0 Å². The van der Waals surface area contributed by atoms with E-state index in [1.165, 1.54) is 31.2 Å². The molecule has 29 heavy (non-hydrogen) atoms. The molecule has 0 spiro atoms.